The lowest BCUT2D eigenvalue weighted by molar-refractivity contribution is -0.907. The summed E-state index contributed by atoms with van der Waals surface area (Å²) in [5.74, 6) is -0.0235. The van der Waals surface area contributed by atoms with Gasteiger partial charge in [0.1, 0.15) is 6.54 Å². The monoisotopic (exact) mass is 361 g/mol. The first-order chi connectivity index (χ1) is 12.9. The van der Waals surface area contributed by atoms with E-state index in [2.05, 4.69) is 35.6 Å². The molecule has 3 aromatic carbocycles. The summed E-state index contributed by atoms with van der Waals surface area (Å²) in [5, 5.41) is 5.37. The van der Waals surface area contributed by atoms with E-state index in [1.54, 1.807) is 24.3 Å². The molecule has 4 nitrogen and oxygen atoms in total. The zero-order valence-corrected chi connectivity index (χ0v) is 16.0. The SMILES string of the molecule is CC(=O)c1ccc(NC(=O)[C@H](C)[NH+](C)Cc2ccc3ccccc3c2)cc1. The Kier molecular flexibility index (Phi) is 5.67. The summed E-state index contributed by atoms with van der Waals surface area (Å²) < 4.78 is 0. The normalized spacial score (nSPS) is 13.1. The van der Waals surface area contributed by atoms with Crippen molar-refractivity contribution in [2.24, 2.45) is 0 Å². The van der Waals surface area contributed by atoms with Gasteiger partial charge in [0, 0.05) is 16.8 Å². The molecule has 0 saturated heterocycles. The number of ketones is 1. The highest BCUT2D eigenvalue weighted by Crippen LogP contribution is 2.15. The van der Waals surface area contributed by atoms with Crippen molar-refractivity contribution in [3.8, 4) is 0 Å². The van der Waals surface area contributed by atoms with Crippen molar-refractivity contribution in [3.63, 3.8) is 0 Å². The van der Waals surface area contributed by atoms with Crippen LogP contribution in [-0.4, -0.2) is 24.8 Å². The van der Waals surface area contributed by atoms with Crippen LogP contribution in [0.1, 0.15) is 29.8 Å². The van der Waals surface area contributed by atoms with Crippen molar-refractivity contribution in [1.82, 2.24) is 0 Å². The number of benzene rings is 3. The molecule has 0 aliphatic carbocycles. The molecule has 1 amide bonds. The maximum Gasteiger partial charge on any atom is 0.282 e. The molecule has 0 fully saturated rings. The van der Waals surface area contributed by atoms with Gasteiger partial charge in [0.15, 0.2) is 11.8 Å². The van der Waals surface area contributed by atoms with Gasteiger partial charge in [-0.3, -0.25) is 9.59 Å². The number of Topliss-reactive ketones (excluding diaryl/α,β-unsaturated/α-hetero) is 1. The highest BCUT2D eigenvalue weighted by atomic mass is 16.2. The Morgan fingerprint density at radius 3 is 2.30 bits per heavy atom. The van der Waals surface area contributed by atoms with Gasteiger partial charge in [0.2, 0.25) is 0 Å². The second-order valence-electron chi connectivity index (χ2n) is 7.05. The maximum absolute atomic E-state index is 12.6. The van der Waals surface area contributed by atoms with Crippen LogP contribution in [0.3, 0.4) is 0 Å². The Morgan fingerprint density at radius 1 is 0.963 bits per heavy atom. The van der Waals surface area contributed by atoms with Gasteiger partial charge in [-0.15, -0.1) is 0 Å². The predicted octanol–water partition coefficient (Wildman–Crippen LogP) is 3.08. The predicted molar refractivity (Wildman–Crippen MR) is 109 cm³/mol. The van der Waals surface area contributed by atoms with Crippen LogP contribution in [0, 0.1) is 0 Å². The molecule has 1 unspecified atom stereocenters. The van der Waals surface area contributed by atoms with Crippen LogP contribution in [0.15, 0.2) is 66.7 Å². The van der Waals surface area contributed by atoms with Gasteiger partial charge in [-0.1, -0.05) is 36.4 Å². The molecule has 138 valence electrons. The Balaban J connectivity index is 1.63. The zero-order chi connectivity index (χ0) is 19.4. The van der Waals surface area contributed by atoms with Gasteiger partial charge in [0.25, 0.3) is 5.91 Å². The van der Waals surface area contributed by atoms with Crippen molar-refractivity contribution in [2.75, 3.05) is 12.4 Å². The first-order valence-electron chi connectivity index (χ1n) is 9.16. The number of carbonyl (C=O) groups is 2. The Morgan fingerprint density at radius 2 is 1.63 bits per heavy atom. The van der Waals surface area contributed by atoms with E-state index < -0.39 is 0 Å². The number of likely N-dealkylation sites (N-methyl/N-ethyl adjacent to an activating group) is 1. The number of anilines is 1. The zero-order valence-electron chi connectivity index (χ0n) is 16.0. The second kappa shape index (κ2) is 8.14. The quantitative estimate of drug-likeness (QED) is 0.663. The Hall–Kier alpha value is -2.98. The van der Waals surface area contributed by atoms with E-state index in [-0.39, 0.29) is 17.7 Å². The molecule has 0 aliphatic rings. The minimum Gasteiger partial charge on any atom is -0.324 e. The van der Waals surface area contributed by atoms with Crippen molar-refractivity contribution < 1.29 is 14.5 Å². The second-order valence-corrected chi connectivity index (χ2v) is 7.05. The summed E-state index contributed by atoms with van der Waals surface area (Å²) >= 11 is 0. The van der Waals surface area contributed by atoms with E-state index in [4.69, 9.17) is 0 Å². The van der Waals surface area contributed by atoms with E-state index in [9.17, 15) is 9.59 Å². The number of hydrogen-bond donors (Lipinski definition) is 2. The van der Waals surface area contributed by atoms with Crippen LogP contribution in [0.2, 0.25) is 0 Å². The van der Waals surface area contributed by atoms with Gasteiger partial charge in [-0.25, -0.2) is 0 Å². The van der Waals surface area contributed by atoms with E-state index in [1.807, 2.05) is 26.1 Å². The fourth-order valence-corrected chi connectivity index (χ4v) is 3.09. The molecule has 0 aromatic heterocycles. The van der Waals surface area contributed by atoms with Crippen LogP contribution >= 0.6 is 0 Å². The van der Waals surface area contributed by atoms with Gasteiger partial charge in [0.05, 0.1) is 7.05 Å². The summed E-state index contributed by atoms with van der Waals surface area (Å²) in [4.78, 5) is 25.0. The highest BCUT2D eigenvalue weighted by Gasteiger charge is 2.22. The average Bonchev–Trinajstić information content (AvgIpc) is 2.67. The summed E-state index contributed by atoms with van der Waals surface area (Å²) in [6.45, 7) is 4.22. The van der Waals surface area contributed by atoms with Crippen molar-refractivity contribution >= 4 is 28.2 Å². The minimum absolute atomic E-state index is 0.0146. The smallest absolute Gasteiger partial charge is 0.282 e. The fraction of sp³-hybridized carbons (Fsp3) is 0.217. The molecule has 0 saturated carbocycles. The Labute approximate surface area is 159 Å². The van der Waals surface area contributed by atoms with Gasteiger partial charge in [-0.2, -0.15) is 0 Å². The molecule has 3 rings (SSSR count). The summed E-state index contributed by atoms with van der Waals surface area (Å²) in [6, 6.07) is 21.5. The molecule has 0 spiro atoms. The maximum atomic E-state index is 12.6. The van der Waals surface area contributed by atoms with Crippen LogP contribution < -0.4 is 10.2 Å². The number of fused-ring (bicyclic) bond motifs is 1. The summed E-state index contributed by atoms with van der Waals surface area (Å²) in [6.07, 6.45) is 0. The van der Waals surface area contributed by atoms with Gasteiger partial charge >= 0.3 is 0 Å². The lowest BCUT2D eigenvalue weighted by Crippen LogP contribution is -3.12. The molecule has 4 heteroatoms. The third-order valence-corrected chi connectivity index (χ3v) is 4.99. The van der Waals surface area contributed by atoms with Crippen molar-refractivity contribution in [3.05, 3.63) is 77.9 Å². The molecule has 0 radical (unpaired) electrons. The van der Waals surface area contributed by atoms with Gasteiger partial charge in [-0.05, 0) is 55.0 Å². The lowest BCUT2D eigenvalue weighted by atomic mass is 10.1. The molecule has 0 aliphatic heterocycles. The van der Waals surface area contributed by atoms with E-state index in [0.717, 1.165) is 11.4 Å². The first kappa shape index (κ1) is 18.8. The van der Waals surface area contributed by atoms with E-state index in [0.29, 0.717) is 11.3 Å². The van der Waals surface area contributed by atoms with Crippen LogP contribution in [0.5, 0.6) is 0 Å². The molecule has 2 N–H and O–H groups in total. The van der Waals surface area contributed by atoms with Crippen LogP contribution in [0.4, 0.5) is 5.69 Å². The third-order valence-electron chi connectivity index (χ3n) is 4.99. The molecular formula is C23H25N2O2+. The van der Waals surface area contributed by atoms with E-state index >= 15 is 0 Å². The topological polar surface area (TPSA) is 50.6 Å². The van der Waals surface area contributed by atoms with Gasteiger partial charge < -0.3 is 10.2 Å². The number of carbonyl (C=O) groups excluding carboxylic acids is 2. The number of rotatable bonds is 6. The highest BCUT2D eigenvalue weighted by molar-refractivity contribution is 5.96. The first-order valence-corrected chi connectivity index (χ1v) is 9.16. The molecule has 27 heavy (non-hydrogen) atoms. The number of hydrogen-bond acceptors (Lipinski definition) is 2. The number of amides is 1. The molecule has 2 atom stereocenters. The molecule has 0 heterocycles. The lowest BCUT2D eigenvalue weighted by Gasteiger charge is -2.21. The Bertz CT molecular complexity index is 964. The van der Waals surface area contributed by atoms with Crippen LogP contribution in [-0.2, 0) is 11.3 Å². The molecule has 3 aromatic rings. The van der Waals surface area contributed by atoms with Crippen molar-refractivity contribution in [2.45, 2.75) is 26.4 Å². The summed E-state index contributed by atoms with van der Waals surface area (Å²) in [7, 11) is 2.03. The summed E-state index contributed by atoms with van der Waals surface area (Å²) in [5.41, 5.74) is 2.55. The van der Waals surface area contributed by atoms with E-state index in [1.165, 1.54) is 23.3 Å². The largest absolute Gasteiger partial charge is 0.324 e. The van der Waals surface area contributed by atoms with Crippen molar-refractivity contribution in [1.29, 1.82) is 0 Å². The molecule has 0 bridgehead atoms. The fourth-order valence-electron chi connectivity index (χ4n) is 3.09. The van der Waals surface area contributed by atoms with Crippen LogP contribution in [0.25, 0.3) is 10.8 Å². The standard InChI is InChI=1S/C23H24N2O2/c1-16(23(27)24-22-12-10-19(11-13-22)17(2)26)25(3)15-18-8-9-20-6-4-5-7-21(20)14-18/h4-14,16H,15H2,1-3H3,(H,24,27)/p+1/t16-/m0/s1. The number of nitrogens with one attached hydrogen (secondary N) is 2. The minimum atomic E-state index is -0.205. The molecular weight excluding hydrogens is 336 g/mol. The third kappa shape index (κ3) is 4.60. The number of quaternary nitrogens is 1. The average molecular weight is 361 g/mol.